The zero-order valence-corrected chi connectivity index (χ0v) is 7.61. The fourth-order valence-corrected chi connectivity index (χ4v) is 2.41. The number of rotatable bonds is 1. The Morgan fingerprint density at radius 1 is 1.18 bits per heavy atom. The lowest BCUT2D eigenvalue weighted by Crippen LogP contribution is -2.18. The van der Waals surface area contributed by atoms with E-state index in [4.69, 9.17) is 11.6 Å². The topological polar surface area (TPSA) is 0 Å². The lowest BCUT2D eigenvalue weighted by molar-refractivity contribution is 0.368. The molecular formula is C10H15Cl. The molecule has 0 aromatic rings. The van der Waals surface area contributed by atoms with Crippen molar-refractivity contribution in [3.05, 3.63) is 12.2 Å². The molecule has 0 nitrogen and oxygen atoms in total. The number of allylic oxidation sites excluding steroid dienone is 1. The van der Waals surface area contributed by atoms with Crippen LogP contribution in [0.4, 0.5) is 0 Å². The summed E-state index contributed by atoms with van der Waals surface area (Å²) in [5, 5.41) is 0.286. The molecule has 0 N–H and O–H groups in total. The molecule has 11 heavy (non-hydrogen) atoms. The Bertz CT molecular complexity index is 170. The second-order valence-corrected chi connectivity index (χ2v) is 4.52. The highest BCUT2D eigenvalue weighted by Gasteiger charge is 2.35. The van der Waals surface area contributed by atoms with E-state index < -0.39 is 0 Å². The van der Waals surface area contributed by atoms with Gasteiger partial charge in [-0.15, -0.1) is 11.6 Å². The highest BCUT2D eigenvalue weighted by molar-refractivity contribution is 6.22. The summed E-state index contributed by atoms with van der Waals surface area (Å²) in [5.74, 6) is 1.97. The van der Waals surface area contributed by atoms with Crippen LogP contribution in [0.5, 0.6) is 0 Å². The predicted octanol–water partition coefficient (Wildman–Crippen LogP) is 3.36. The first-order chi connectivity index (χ1) is 5.27. The lowest BCUT2D eigenvalue weighted by atomic mass is 9.83. The normalized spacial score (nSPS) is 39.2. The molecular weight excluding hydrogens is 156 g/mol. The van der Waals surface area contributed by atoms with Gasteiger partial charge in [-0.25, -0.2) is 0 Å². The Labute approximate surface area is 73.6 Å². The summed E-state index contributed by atoms with van der Waals surface area (Å²) < 4.78 is 0. The molecule has 1 heteroatoms. The van der Waals surface area contributed by atoms with Crippen LogP contribution in [0.25, 0.3) is 0 Å². The molecule has 0 aliphatic heterocycles. The van der Waals surface area contributed by atoms with Crippen LogP contribution in [0.2, 0.25) is 0 Å². The Balaban J connectivity index is 1.91. The van der Waals surface area contributed by atoms with E-state index in [0.717, 1.165) is 11.8 Å². The molecule has 0 aromatic carbocycles. The summed E-state index contributed by atoms with van der Waals surface area (Å²) in [4.78, 5) is 0. The fourth-order valence-electron chi connectivity index (χ4n) is 2.07. The Morgan fingerprint density at radius 3 is 2.45 bits per heavy atom. The number of hydrogen-bond donors (Lipinski definition) is 0. The maximum absolute atomic E-state index is 6.13. The number of alkyl halides is 1. The molecule has 2 rings (SSSR count). The SMILES string of the molecule is C=C1CCC(C2CC2)CC1Cl. The van der Waals surface area contributed by atoms with Gasteiger partial charge in [0.05, 0.1) is 5.38 Å². The van der Waals surface area contributed by atoms with E-state index in [0.29, 0.717) is 0 Å². The molecule has 62 valence electrons. The molecule has 0 spiro atoms. The molecule has 2 aliphatic rings. The quantitative estimate of drug-likeness (QED) is 0.418. The summed E-state index contributed by atoms with van der Waals surface area (Å²) in [7, 11) is 0. The van der Waals surface area contributed by atoms with E-state index in [-0.39, 0.29) is 5.38 Å². The number of hydrogen-bond acceptors (Lipinski definition) is 0. The molecule has 2 unspecified atom stereocenters. The summed E-state index contributed by atoms with van der Waals surface area (Å²) in [6, 6.07) is 0. The van der Waals surface area contributed by atoms with Gasteiger partial charge >= 0.3 is 0 Å². The van der Waals surface area contributed by atoms with E-state index in [2.05, 4.69) is 6.58 Å². The summed E-state index contributed by atoms with van der Waals surface area (Å²) in [5.41, 5.74) is 1.27. The van der Waals surface area contributed by atoms with Crippen LogP contribution in [0.1, 0.15) is 32.1 Å². The number of halogens is 1. The molecule has 0 saturated heterocycles. The fraction of sp³-hybridized carbons (Fsp3) is 0.800. The van der Waals surface area contributed by atoms with Crippen LogP contribution < -0.4 is 0 Å². The van der Waals surface area contributed by atoms with Crippen molar-refractivity contribution in [2.45, 2.75) is 37.5 Å². The average molecular weight is 171 g/mol. The van der Waals surface area contributed by atoms with E-state index in [1.54, 1.807) is 0 Å². The first-order valence-electron chi connectivity index (χ1n) is 4.59. The van der Waals surface area contributed by atoms with Gasteiger partial charge in [0.25, 0.3) is 0 Å². The highest BCUT2D eigenvalue weighted by atomic mass is 35.5. The van der Waals surface area contributed by atoms with Crippen LogP contribution in [-0.4, -0.2) is 5.38 Å². The second-order valence-electron chi connectivity index (χ2n) is 4.00. The van der Waals surface area contributed by atoms with Gasteiger partial charge in [-0.1, -0.05) is 12.2 Å². The van der Waals surface area contributed by atoms with Crippen molar-refractivity contribution in [1.29, 1.82) is 0 Å². The second kappa shape index (κ2) is 2.82. The van der Waals surface area contributed by atoms with Crippen molar-refractivity contribution in [3.8, 4) is 0 Å². The standard InChI is InChI=1S/C10H15Cl/c1-7-2-3-9(6-10(7)11)8-4-5-8/h8-10H,1-6H2. The van der Waals surface area contributed by atoms with E-state index >= 15 is 0 Å². The van der Waals surface area contributed by atoms with E-state index in [9.17, 15) is 0 Å². The van der Waals surface area contributed by atoms with E-state index in [1.165, 1.54) is 37.7 Å². The maximum atomic E-state index is 6.13. The van der Waals surface area contributed by atoms with Crippen LogP contribution in [0, 0.1) is 11.8 Å². The molecule has 0 aromatic heterocycles. The van der Waals surface area contributed by atoms with Gasteiger partial charge in [-0.05, 0) is 43.9 Å². The third-order valence-electron chi connectivity index (χ3n) is 3.08. The monoisotopic (exact) mass is 170 g/mol. The summed E-state index contributed by atoms with van der Waals surface area (Å²) >= 11 is 6.13. The van der Waals surface area contributed by atoms with Crippen LogP contribution >= 0.6 is 11.6 Å². The molecule has 0 heterocycles. The highest BCUT2D eigenvalue weighted by Crippen LogP contribution is 2.45. The minimum absolute atomic E-state index is 0.286. The first-order valence-corrected chi connectivity index (χ1v) is 5.03. The lowest BCUT2D eigenvalue weighted by Gasteiger charge is -2.27. The van der Waals surface area contributed by atoms with Gasteiger partial charge in [-0.2, -0.15) is 0 Å². The first kappa shape index (κ1) is 7.67. The van der Waals surface area contributed by atoms with Crippen molar-refractivity contribution in [2.24, 2.45) is 11.8 Å². The van der Waals surface area contributed by atoms with Crippen molar-refractivity contribution >= 4 is 11.6 Å². The Kier molecular flexibility index (Phi) is 1.97. The molecule has 2 fully saturated rings. The zero-order chi connectivity index (χ0) is 7.84. The predicted molar refractivity (Wildman–Crippen MR) is 48.8 cm³/mol. The largest absolute Gasteiger partial charge is 0.118 e. The molecule has 2 saturated carbocycles. The Hall–Kier alpha value is 0.0300. The summed E-state index contributed by atoms with van der Waals surface area (Å²) in [6.45, 7) is 3.98. The third-order valence-corrected chi connectivity index (χ3v) is 3.56. The van der Waals surface area contributed by atoms with Crippen LogP contribution in [-0.2, 0) is 0 Å². The average Bonchev–Trinajstić information content (AvgIpc) is 2.77. The van der Waals surface area contributed by atoms with Crippen molar-refractivity contribution < 1.29 is 0 Å². The van der Waals surface area contributed by atoms with Gasteiger partial charge in [-0.3, -0.25) is 0 Å². The molecule has 2 aliphatic carbocycles. The maximum Gasteiger partial charge on any atom is 0.0545 e. The molecule has 0 amide bonds. The Morgan fingerprint density at radius 2 is 1.91 bits per heavy atom. The summed E-state index contributed by atoms with van der Waals surface area (Å²) in [6.07, 6.45) is 6.65. The molecule has 2 atom stereocenters. The van der Waals surface area contributed by atoms with Crippen molar-refractivity contribution in [1.82, 2.24) is 0 Å². The van der Waals surface area contributed by atoms with Crippen LogP contribution in [0.15, 0.2) is 12.2 Å². The molecule has 0 bridgehead atoms. The zero-order valence-electron chi connectivity index (χ0n) is 6.85. The van der Waals surface area contributed by atoms with Gasteiger partial charge < -0.3 is 0 Å². The third kappa shape index (κ3) is 1.61. The van der Waals surface area contributed by atoms with Crippen molar-refractivity contribution in [3.63, 3.8) is 0 Å². The minimum Gasteiger partial charge on any atom is -0.118 e. The molecule has 0 radical (unpaired) electrons. The van der Waals surface area contributed by atoms with Crippen molar-refractivity contribution in [2.75, 3.05) is 0 Å². The van der Waals surface area contributed by atoms with E-state index in [1.807, 2.05) is 0 Å². The smallest absolute Gasteiger partial charge is 0.0545 e. The van der Waals surface area contributed by atoms with Crippen LogP contribution in [0.3, 0.4) is 0 Å². The van der Waals surface area contributed by atoms with Gasteiger partial charge in [0.15, 0.2) is 0 Å². The minimum atomic E-state index is 0.286. The van der Waals surface area contributed by atoms with Gasteiger partial charge in [0, 0.05) is 0 Å². The van der Waals surface area contributed by atoms with Gasteiger partial charge in [0.1, 0.15) is 0 Å². The van der Waals surface area contributed by atoms with Gasteiger partial charge in [0.2, 0.25) is 0 Å².